The van der Waals surface area contributed by atoms with Crippen LogP contribution in [0, 0.1) is 12.7 Å². The molecule has 1 aliphatic rings. The van der Waals surface area contributed by atoms with E-state index in [1.165, 1.54) is 12.3 Å². The van der Waals surface area contributed by atoms with Gasteiger partial charge < -0.3 is 4.74 Å². The summed E-state index contributed by atoms with van der Waals surface area (Å²) in [7, 11) is 0. The lowest BCUT2D eigenvalue weighted by Crippen LogP contribution is -2.51. The molecule has 0 aromatic carbocycles. The Hall–Kier alpha value is -3.34. The Kier molecular flexibility index (Phi) is 3.47. The van der Waals surface area contributed by atoms with E-state index >= 15 is 0 Å². The van der Waals surface area contributed by atoms with Crippen LogP contribution in [0.2, 0.25) is 0 Å². The molecule has 1 N–H and O–H groups in total. The molecule has 11 heteroatoms. The maximum absolute atomic E-state index is 14.0. The Balaban J connectivity index is 1.79. The number of halogens is 4. The van der Waals surface area contributed by atoms with Gasteiger partial charge in [-0.1, -0.05) is 0 Å². The van der Waals surface area contributed by atoms with Crippen molar-refractivity contribution < 1.29 is 26.4 Å². The Morgan fingerprint density at radius 1 is 1.26 bits per heavy atom. The highest BCUT2D eigenvalue weighted by atomic mass is 19.4. The quantitative estimate of drug-likeness (QED) is 0.478. The summed E-state index contributed by atoms with van der Waals surface area (Å²) in [5.41, 5.74) is -0.947. The lowest BCUT2D eigenvalue weighted by molar-refractivity contribution is -0.287. The second-order valence-corrected chi connectivity index (χ2v) is 7.21. The molecule has 0 amide bonds. The first-order valence-electron chi connectivity index (χ1n) is 10.7. The fourth-order valence-corrected chi connectivity index (χ4v) is 3.68. The number of pyridine rings is 2. The van der Waals surface area contributed by atoms with Crippen LogP contribution in [0.25, 0.3) is 33.5 Å². The van der Waals surface area contributed by atoms with E-state index in [1.54, 1.807) is 13.0 Å². The van der Waals surface area contributed by atoms with E-state index < -0.39 is 37.6 Å². The first kappa shape index (κ1) is 16.4. The number of fused-ring (bicyclic) bond motifs is 2. The van der Waals surface area contributed by atoms with Gasteiger partial charge in [-0.15, -0.1) is 0 Å². The van der Waals surface area contributed by atoms with Gasteiger partial charge >= 0.3 is 6.18 Å². The Morgan fingerprint density at radius 3 is 2.81 bits per heavy atom. The minimum atomic E-state index is -5.19. The van der Waals surface area contributed by atoms with Crippen molar-refractivity contribution in [1.29, 1.82) is 0 Å². The molecule has 0 fully saturated rings. The molecule has 4 aromatic rings. The van der Waals surface area contributed by atoms with Crippen LogP contribution in [0.1, 0.15) is 22.4 Å². The third kappa shape index (κ3) is 2.99. The fraction of sp³-hybridized carbons (Fsp3) is 0.300. The van der Waals surface area contributed by atoms with Crippen LogP contribution in [0.5, 0.6) is 0 Å². The highest BCUT2D eigenvalue weighted by molar-refractivity contribution is 5.98. The summed E-state index contributed by atoms with van der Waals surface area (Å²) in [6.45, 7) is -3.52. The highest BCUT2D eigenvalue weighted by Gasteiger charge is 2.55. The van der Waals surface area contributed by atoms with Crippen molar-refractivity contribution in [3.63, 3.8) is 0 Å². The summed E-state index contributed by atoms with van der Waals surface area (Å²) in [6.07, 6.45) is -2.75. The van der Waals surface area contributed by atoms with Crippen molar-refractivity contribution in [2.45, 2.75) is 38.7 Å². The predicted octanol–water partition coefficient (Wildman–Crippen LogP) is 4.18. The van der Waals surface area contributed by atoms with Gasteiger partial charge in [0.2, 0.25) is 0 Å². The molecule has 5 heterocycles. The lowest BCUT2D eigenvalue weighted by Gasteiger charge is -2.36. The van der Waals surface area contributed by atoms with Crippen molar-refractivity contribution >= 4 is 11.0 Å². The number of aromatic nitrogens is 6. The molecular weight excluding hydrogens is 416 g/mol. The monoisotopic (exact) mass is 435 g/mol. The van der Waals surface area contributed by atoms with Crippen LogP contribution < -0.4 is 0 Å². The molecule has 0 spiro atoms. The smallest absolute Gasteiger partial charge is 0.358 e. The number of nitrogens with one attached hydrogen (secondary N) is 1. The summed E-state index contributed by atoms with van der Waals surface area (Å²) >= 11 is 0. The van der Waals surface area contributed by atoms with Crippen molar-refractivity contribution in [3.05, 3.63) is 47.8 Å². The maximum Gasteiger partial charge on any atom is 0.419 e. The second-order valence-electron chi connectivity index (χ2n) is 7.21. The normalized spacial score (nSPS) is 20.9. The van der Waals surface area contributed by atoms with Gasteiger partial charge in [-0.25, -0.2) is 9.37 Å². The Morgan fingerprint density at radius 2 is 2.10 bits per heavy atom. The largest absolute Gasteiger partial charge is 0.419 e. The minimum absolute atomic E-state index is 0.148. The van der Waals surface area contributed by atoms with Crippen molar-refractivity contribution in [2.75, 3.05) is 0 Å². The zero-order chi connectivity index (χ0) is 24.5. The summed E-state index contributed by atoms with van der Waals surface area (Å²) in [5, 5.41) is 11.9. The van der Waals surface area contributed by atoms with Gasteiger partial charge in [0.1, 0.15) is 11.5 Å². The van der Waals surface area contributed by atoms with E-state index in [1.807, 2.05) is 0 Å². The van der Waals surface area contributed by atoms with Crippen LogP contribution in [0.3, 0.4) is 0 Å². The Labute approximate surface area is 177 Å². The van der Waals surface area contributed by atoms with Gasteiger partial charge in [-0.3, -0.25) is 14.8 Å². The molecule has 0 bridgehead atoms. The van der Waals surface area contributed by atoms with Crippen molar-refractivity contribution in [2.24, 2.45) is 0 Å². The maximum atomic E-state index is 14.0. The van der Waals surface area contributed by atoms with Gasteiger partial charge in [0.15, 0.2) is 11.2 Å². The molecule has 7 nitrogen and oxygen atoms in total. The van der Waals surface area contributed by atoms with E-state index in [0.29, 0.717) is 27.9 Å². The number of hydrogen-bond acceptors (Lipinski definition) is 5. The summed E-state index contributed by atoms with van der Waals surface area (Å²) < 4.78 is 84.3. The number of ether oxygens (including phenoxy) is 1. The molecule has 0 radical (unpaired) electrons. The minimum Gasteiger partial charge on any atom is -0.358 e. The molecule has 1 aliphatic heterocycles. The molecule has 1 unspecified atom stereocenters. The third-order valence-corrected chi connectivity index (χ3v) is 5.22. The number of aryl methyl sites for hydroxylation is 1. The molecule has 0 saturated carbocycles. The standard InChI is InChI=1S/C20H16F4N6O/c1-10-15-12(5-6-25-18(15)28-27-10)16-14-8-31-19(2,20(22,23)24)9-30(14)29-17(16)13-4-3-11(21)7-26-13/h3-7H,8-9H2,1-2H3,(H,25,27,28)/i2D3. The van der Waals surface area contributed by atoms with Crippen LogP contribution in [0.4, 0.5) is 17.6 Å². The van der Waals surface area contributed by atoms with Gasteiger partial charge in [0, 0.05) is 32.5 Å². The van der Waals surface area contributed by atoms with Crippen LogP contribution >= 0.6 is 0 Å². The van der Waals surface area contributed by atoms with Gasteiger partial charge in [0.05, 0.1) is 30.7 Å². The number of hydrogen-bond donors (Lipinski definition) is 1. The zero-order valence-electron chi connectivity index (χ0n) is 19.0. The molecule has 4 aromatic heterocycles. The highest BCUT2D eigenvalue weighted by Crippen LogP contribution is 2.44. The van der Waals surface area contributed by atoms with Crippen molar-refractivity contribution in [3.8, 4) is 22.5 Å². The molecule has 5 rings (SSSR count). The van der Waals surface area contributed by atoms with E-state index in [2.05, 4.69) is 25.3 Å². The fourth-order valence-electron chi connectivity index (χ4n) is 3.68. The lowest BCUT2D eigenvalue weighted by atomic mass is 9.97. The van der Waals surface area contributed by atoms with Gasteiger partial charge in [-0.05, 0) is 32.0 Å². The molecule has 31 heavy (non-hydrogen) atoms. The van der Waals surface area contributed by atoms with E-state index in [0.717, 1.165) is 16.9 Å². The predicted molar refractivity (Wildman–Crippen MR) is 102 cm³/mol. The average molecular weight is 435 g/mol. The summed E-state index contributed by atoms with van der Waals surface area (Å²) in [6, 6.07) is 4.13. The molecule has 0 saturated heterocycles. The zero-order valence-corrected chi connectivity index (χ0v) is 16.0. The number of rotatable bonds is 2. The van der Waals surface area contributed by atoms with E-state index in [-0.39, 0.29) is 17.1 Å². The van der Waals surface area contributed by atoms with Crippen LogP contribution in [-0.4, -0.2) is 41.7 Å². The number of alkyl halides is 3. The average Bonchev–Trinajstić information content (AvgIpc) is 3.33. The van der Waals surface area contributed by atoms with E-state index in [4.69, 9.17) is 8.85 Å². The molecule has 160 valence electrons. The first-order valence-corrected chi connectivity index (χ1v) is 9.15. The number of H-pyrrole nitrogens is 1. The molecule has 1 atom stereocenters. The number of nitrogens with zero attached hydrogens (tertiary/aromatic N) is 5. The van der Waals surface area contributed by atoms with Crippen LogP contribution in [-0.2, 0) is 17.9 Å². The summed E-state index contributed by atoms with van der Waals surface area (Å²) in [4.78, 5) is 8.24. The topological polar surface area (TPSA) is 81.5 Å². The Bertz CT molecular complexity index is 1380. The van der Waals surface area contributed by atoms with Crippen LogP contribution in [0.15, 0.2) is 30.6 Å². The SMILES string of the molecule is [2H]C([2H])([2H])C1(C(F)(F)F)Cn2nc(-c3ccc(F)cn3)c(-c3ccnc4n[nH]c(C)c34)c2CO1. The first-order chi connectivity index (χ1) is 15.9. The third-order valence-electron chi connectivity index (χ3n) is 5.22. The summed E-state index contributed by atoms with van der Waals surface area (Å²) in [5.74, 6) is -0.604. The van der Waals surface area contributed by atoms with Crippen molar-refractivity contribution in [1.82, 2.24) is 29.9 Å². The molecule has 0 aliphatic carbocycles. The van der Waals surface area contributed by atoms with E-state index in [9.17, 15) is 17.6 Å². The molecular formula is C20H16F4N6O. The van der Waals surface area contributed by atoms with Gasteiger partial charge in [-0.2, -0.15) is 23.4 Å². The number of aromatic amines is 1. The van der Waals surface area contributed by atoms with Gasteiger partial charge in [0.25, 0.3) is 0 Å². The second kappa shape index (κ2) is 6.58.